The van der Waals surface area contributed by atoms with Gasteiger partial charge in [-0.25, -0.2) is 0 Å². The fourth-order valence-electron chi connectivity index (χ4n) is 2.97. The first kappa shape index (κ1) is 15.0. The van der Waals surface area contributed by atoms with Gasteiger partial charge in [0.1, 0.15) is 0 Å². The summed E-state index contributed by atoms with van der Waals surface area (Å²) in [6.45, 7) is 4.10. The van der Waals surface area contributed by atoms with E-state index in [1.54, 1.807) is 0 Å². The zero-order valence-electron chi connectivity index (χ0n) is 12.6. The van der Waals surface area contributed by atoms with Gasteiger partial charge in [-0.05, 0) is 38.2 Å². The lowest BCUT2D eigenvalue weighted by Gasteiger charge is -2.28. The van der Waals surface area contributed by atoms with Gasteiger partial charge in [-0.1, -0.05) is 42.7 Å². The van der Waals surface area contributed by atoms with E-state index in [-0.39, 0.29) is 18.0 Å². The van der Waals surface area contributed by atoms with Gasteiger partial charge >= 0.3 is 0 Å². The van der Waals surface area contributed by atoms with Gasteiger partial charge in [0.25, 0.3) is 0 Å². The molecule has 1 aliphatic rings. The highest BCUT2D eigenvalue weighted by molar-refractivity contribution is 5.76. The van der Waals surface area contributed by atoms with Crippen molar-refractivity contribution in [2.24, 2.45) is 11.7 Å². The summed E-state index contributed by atoms with van der Waals surface area (Å²) in [5.41, 5.74) is 8.49. The van der Waals surface area contributed by atoms with E-state index in [0.717, 1.165) is 18.4 Å². The van der Waals surface area contributed by atoms with Crippen LogP contribution in [0.4, 0.5) is 0 Å². The zero-order chi connectivity index (χ0) is 14.5. The number of nitrogens with two attached hydrogens (primary N) is 1. The summed E-state index contributed by atoms with van der Waals surface area (Å²) >= 11 is 0. The Labute approximate surface area is 121 Å². The van der Waals surface area contributed by atoms with Crippen molar-refractivity contribution in [3.8, 4) is 0 Å². The minimum absolute atomic E-state index is 0.0583. The van der Waals surface area contributed by atoms with Crippen LogP contribution < -0.4 is 11.1 Å². The van der Waals surface area contributed by atoms with Gasteiger partial charge in [0.2, 0.25) is 5.91 Å². The van der Waals surface area contributed by atoms with Crippen LogP contribution in [0.2, 0.25) is 0 Å². The molecule has 1 saturated carbocycles. The van der Waals surface area contributed by atoms with Crippen molar-refractivity contribution in [2.45, 2.75) is 58.0 Å². The molecule has 0 radical (unpaired) electrons. The number of aryl methyl sites for hydroxylation is 1. The second kappa shape index (κ2) is 6.89. The fourth-order valence-corrected chi connectivity index (χ4v) is 2.97. The van der Waals surface area contributed by atoms with E-state index in [0.29, 0.717) is 12.3 Å². The number of amides is 1. The molecule has 20 heavy (non-hydrogen) atoms. The lowest BCUT2D eigenvalue weighted by atomic mass is 9.83. The first-order chi connectivity index (χ1) is 9.56. The molecule has 1 aliphatic carbocycles. The molecule has 1 aromatic rings. The van der Waals surface area contributed by atoms with Gasteiger partial charge < -0.3 is 11.1 Å². The maximum absolute atomic E-state index is 12.1. The highest BCUT2D eigenvalue weighted by Gasteiger charge is 2.24. The second-order valence-corrected chi connectivity index (χ2v) is 6.11. The molecular formula is C17H26N2O. The second-order valence-electron chi connectivity index (χ2n) is 6.11. The quantitative estimate of drug-likeness (QED) is 0.886. The van der Waals surface area contributed by atoms with E-state index in [1.807, 2.05) is 6.92 Å². The normalized spacial score (nSPS) is 24.1. The van der Waals surface area contributed by atoms with Gasteiger partial charge in [-0.3, -0.25) is 4.79 Å². The molecule has 2 rings (SSSR count). The minimum atomic E-state index is 0.0583. The molecule has 1 aromatic carbocycles. The number of nitrogens with one attached hydrogen (secondary N) is 1. The summed E-state index contributed by atoms with van der Waals surface area (Å²) < 4.78 is 0. The van der Waals surface area contributed by atoms with Crippen LogP contribution in [0.25, 0.3) is 0 Å². The van der Waals surface area contributed by atoms with E-state index < -0.39 is 0 Å². The Kier molecular flexibility index (Phi) is 5.18. The van der Waals surface area contributed by atoms with Crippen LogP contribution in [0.15, 0.2) is 24.3 Å². The van der Waals surface area contributed by atoms with Crippen LogP contribution >= 0.6 is 0 Å². The number of rotatable bonds is 4. The molecule has 3 nitrogen and oxygen atoms in total. The summed E-state index contributed by atoms with van der Waals surface area (Å²) in [4.78, 5) is 12.1. The summed E-state index contributed by atoms with van der Waals surface area (Å²) in [7, 11) is 0. The molecule has 0 bridgehead atoms. The summed E-state index contributed by atoms with van der Waals surface area (Å²) in [5.74, 6) is 0.481. The van der Waals surface area contributed by atoms with Crippen molar-refractivity contribution < 1.29 is 4.79 Å². The standard InChI is InChI=1S/C17H26N2O/c1-12-7-9-14(10-8-12)13(2)19-17(20)11-15-5-3-4-6-16(15)18/h7-10,13,15-16H,3-6,11,18H2,1-2H3,(H,19,20). The molecule has 0 aromatic heterocycles. The lowest BCUT2D eigenvalue weighted by Crippen LogP contribution is -2.37. The molecule has 3 unspecified atom stereocenters. The average molecular weight is 274 g/mol. The first-order valence-corrected chi connectivity index (χ1v) is 7.68. The van der Waals surface area contributed by atoms with Crippen LogP contribution in [0.1, 0.15) is 56.2 Å². The van der Waals surface area contributed by atoms with Gasteiger partial charge in [0, 0.05) is 12.5 Å². The van der Waals surface area contributed by atoms with Crippen LogP contribution in [-0.4, -0.2) is 11.9 Å². The first-order valence-electron chi connectivity index (χ1n) is 7.68. The van der Waals surface area contributed by atoms with Crippen molar-refractivity contribution in [3.05, 3.63) is 35.4 Å². The molecule has 0 heterocycles. The van der Waals surface area contributed by atoms with Crippen molar-refractivity contribution in [1.29, 1.82) is 0 Å². The predicted octanol–water partition coefficient (Wildman–Crippen LogP) is 3.08. The third-order valence-electron chi connectivity index (χ3n) is 4.37. The Morgan fingerprint density at radius 2 is 1.95 bits per heavy atom. The monoisotopic (exact) mass is 274 g/mol. The molecule has 110 valence electrons. The topological polar surface area (TPSA) is 55.1 Å². The molecule has 3 heteroatoms. The maximum atomic E-state index is 12.1. The molecule has 1 fully saturated rings. The summed E-state index contributed by atoms with van der Waals surface area (Å²) in [6, 6.07) is 8.57. The van der Waals surface area contributed by atoms with Crippen molar-refractivity contribution in [1.82, 2.24) is 5.32 Å². The molecule has 1 amide bonds. The van der Waals surface area contributed by atoms with E-state index in [1.165, 1.54) is 18.4 Å². The average Bonchev–Trinajstić information content (AvgIpc) is 2.42. The molecule has 3 N–H and O–H groups in total. The van der Waals surface area contributed by atoms with Gasteiger partial charge in [0.05, 0.1) is 6.04 Å². The largest absolute Gasteiger partial charge is 0.350 e. The number of hydrogen-bond acceptors (Lipinski definition) is 2. The maximum Gasteiger partial charge on any atom is 0.220 e. The lowest BCUT2D eigenvalue weighted by molar-refractivity contribution is -0.123. The SMILES string of the molecule is Cc1ccc(C(C)NC(=O)CC2CCCCC2N)cc1. The van der Waals surface area contributed by atoms with Crippen LogP contribution in [0.3, 0.4) is 0 Å². The molecule has 3 atom stereocenters. The Balaban J connectivity index is 1.85. The summed E-state index contributed by atoms with van der Waals surface area (Å²) in [5, 5.41) is 3.09. The number of hydrogen-bond donors (Lipinski definition) is 2. The Hall–Kier alpha value is -1.35. The Morgan fingerprint density at radius 3 is 2.60 bits per heavy atom. The number of benzene rings is 1. The number of carbonyl (C=O) groups is 1. The van der Waals surface area contributed by atoms with E-state index >= 15 is 0 Å². The minimum Gasteiger partial charge on any atom is -0.350 e. The van der Waals surface area contributed by atoms with E-state index in [4.69, 9.17) is 5.73 Å². The van der Waals surface area contributed by atoms with Crippen LogP contribution in [-0.2, 0) is 4.79 Å². The highest BCUT2D eigenvalue weighted by Crippen LogP contribution is 2.26. The van der Waals surface area contributed by atoms with Crippen molar-refractivity contribution >= 4 is 5.91 Å². The van der Waals surface area contributed by atoms with Crippen LogP contribution in [0.5, 0.6) is 0 Å². The van der Waals surface area contributed by atoms with E-state index in [2.05, 4.69) is 36.5 Å². The molecule has 0 spiro atoms. The molecule has 0 aliphatic heterocycles. The smallest absolute Gasteiger partial charge is 0.220 e. The van der Waals surface area contributed by atoms with Gasteiger partial charge in [-0.15, -0.1) is 0 Å². The van der Waals surface area contributed by atoms with Crippen molar-refractivity contribution in [3.63, 3.8) is 0 Å². The van der Waals surface area contributed by atoms with Crippen LogP contribution in [0, 0.1) is 12.8 Å². The van der Waals surface area contributed by atoms with Gasteiger partial charge in [-0.2, -0.15) is 0 Å². The Bertz CT molecular complexity index is 441. The molecule has 0 saturated heterocycles. The zero-order valence-corrected chi connectivity index (χ0v) is 12.6. The predicted molar refractivity (Wildman–Crippen MR) is 82.3 cm³/mol. The third-order valence-corrected chi connectivity index (χ3v) is 4.37. The van der Waals surface area contributed by atoms with Gasteiger partial charge in [0.15, 0.2) is 0 Å². The summed E-state index contributed by atoms with van der Waals surface area (Å²) in [6.07, 6.45) is 5.13. The Morgan fingerprint density at radius 1 is 1.30 bits per heavy atom. The highest BCUT2D eigenvalue weighted by atomic mass is 16.1. The molecular weight excluding hydrogens is 248 g/mol. The van der Waals surface area contributed by atoms with E-state index in [9.17, 15) is 4.79 Å². The third kappa shape index (κ3) is 4.07. The number of carbonyl (C=O) groups excluding carboxylic acids is 1. The fraction of sp³-hybridized carbons (Fsp3) is 0.588. The van der Waals surface area contributed by atoms with Crippen molar-refractivity contribution in [2.75, 3.05) is 0 Å².